The largest absolute Gasteiger partial charge is 0.508 e. The van der Waals surface area contributed by atoms with Crippen molar-refractivity contribution >= 4 is 35.0 Å². The van der Waals surface area contributed by atoms with Crippen molar-refractivity contribution in [3.05, 3.63) is 45.9 Å². The normalized spacial score (nSPS) is 18.1. The summed E-state index contributed by atoms with van der Waals surface area (Å²) in [5.74, 6) is 4.21. The second kappa shape index (κ2) is 22.8. The van der Waals surface area contributed by atoms with Crippen LogP contribution in [0.15, 0.2) is 29.6 Å². The van der Waals surface area contributed by atoms with E-state index >= 15 is 0 Å². The molecule has 0 aliphatic carbocycles. The number of hydrogen-bond donors (Lipinski definition) is 5. The second-order valence-corrected chi connectivity index (χ2v) is 16.4. The van der Waals surface area contributed by atoms with E-state index in [1.165, 1.54) is 11.3 Å². The maximum Gasteiger partial charge on any atom is 0.270 e. The standard InChI is InChI=1S/C41H67N7O6S/c1-9-19-48(41(53)36(27(6)11-3)45-39(52)33-14-12-13-20-47(33)8)34(26(4)5)24-35(54-21-10-2)40-44-32(25-55-40)38(51)43-30(22-28(7)37(50)46-42)23-29-15-17-31(49)18-16-29/h15-18,25-28,30,33-36,49H,9-14,19-24,42H2,1-8H3,(H,43,51)(H,45,52)(H,46,50). The fraction of sp³-hybridized carbons (Fsp3) is 0.683. The van der Waals surface area contributed by atoms with Gasteiger partial charge in [0.15, 0.2) is 0 Å². The van der Waals surface area contributed by atoms with Gasteiger partial charge in [0.05, 0.1) is 6.04 Å². The summed E-state index contributed by atoms with van der Waals surface area (Å²) in [5, 5.41) is 18.4. The smallest absolute Gasteiger partial charge is 0.270 e. The number of carbonyl (C=O) groups excluding carboxylic acids is 4. The highest BCUT2D eigenvalue weighted by Crippen LogP contribution is 2.32. The van der Waals surface area contributed by atoms with Crippen LogP contribution in [0, 0.1) is 17.8 Å². The molecular weight excluding hydrogens is 719 g/mol. The SMILES string of the molecule is CCCOC(CC(C(C)C)N(CCC)C(=O)C(NC(=O)C1CCCCN1C)C(C)CC)c1nc(C(=O)NC(Cc2ccc(O)cc2)CC(C)C(=O)NN)cs1. The van der Waals surface area contributed by atoms with Crippen LogP contribution >= 0.6 is 11.3 Å². The molecule has 6 N–H and O–H groups in total. The number of nitrogens with zero attached hydrogens (tertiary/aromatic N) is 3. The molecule has 55 heavy (non-hydrogen) atoms. The summed E-state index contributed by atoms with van der Waals surface area (Å²) in [5.41, 5.74) is 3.32. The Labute approximate surface area is 332 Å². The first-order chi connectivity index (χ1) is 26.2. The second-order valence-electron chi connectivity index (χ2n) is 15.6. The van der Waals surface area contributed by atoms with E-state index in [-0.39, 0.29) is 59.0 Å². The van der Waals surface area contributed by atoms with Gasteiger partial charge in [0.1, 0.15) is 28.6 Å². The first kappa shape index (κ1) is 45.8. The number of nitrogens with two attached hydrogens (primary N) is 1. The van der Waals surface area contributed by atoms with Gasteiger partial charge in [-0.15, -0.1) is 11.3 Å². The molecule has 7 unspecified atom stereocenters. The topological polar surface area (TPSA) is 179 Å². The minimum Gasteiger partial charge on any atom is -0.508 e. The Morgan fingerprint density at radius 1 is 1.04 bits per heavy atom. The summed E-state index contributed by atoms with van der Waals surface area (Å²) in [4.78, 5) is 63.1. The Balaban J connectivity index is 1.87. The third kappa shape index (κ3) is 13.5. The van der Waals surface area contributed by atoms with Crippen molar-refractivity contribution in [1.82, 2.24) is 30.8 Å². The Bertz CT molecular complexity index is 1500. The Morgan fingerprint density at radius 2 is 1.75 bits per heavy atom. The number of benzene rings is 1. The summed E-state index contributed by atoms with van der Waals surface area (Å²) >= 11 is 1.35. The molecule has 0 saturated carbocycles. The lowest BCUT2D eigenvalue weighted by Gasteiger charge is -2.40. The number of nitrogens with one attached hydrogen (secondary N) is 3. The molecule has 1 aliphatic heterocycles. The first-order valence-corrected chi connectivity index (χ1v) is 21.1. The summed E-state index contributed by atoms with van der Waals surface area (Å²) in [7, 11) is 1.98. The monoisotopic (exact) mass is 785 g/mol. The van der Waals surface area contributed by atoms with Gasteiger partial charge in [-0.05, 0) is 81.6 Å². The molecule has 1 aliphatic rings. The molecule has 2 aromatic rings. The number of likely N-dealkylation sites (N-methyl/N-ethyl adjacent to an activating group) is 1. The minimum atomic E-state index is -0.654. The first-order valence-electron chi connectivity index (χ1n) is 20.2. The van der Waals surface area contributed by atoms with E-state index < -0.39 is 24.1 Å². The molecule has 1 fully saturated rings. The zero-order valence-electron chi connectivity index (χ0n) is 34.3. The van der Waals surface area contributed by atoms with Crippen molar-refractivity contribution < 1.29 is 29.0 Å². The quantitative estimate of drug-likeness (QED) is 0.0599. The molecule has 0 radical (unpaired) electrons. The number of carbonyl (C=O) groups is 4. The van der Waals surface area contributed by atoms with Crippen molar-refractivity contribution in [3.63, 3.8) is 0 Å². The Kier molecular flexibility index (Phi) is 19.0. The number of rotatable bonds is 22. The molecule has 308 valence electrons. The van der Waals surface area contributed by atoms with E-state index in [4.69, 9.17) is 15.6 Å². The van der Waals surface area contributed by atoms with Crippen molar-refractivity contribution in [2.24, 2.45) is 23.6 Å². The highest BCUT2D eigenvalue weighted by atomic mass is 32.1. The number of piperidine rings is 1. The minimum absolute atomic E-state index is 0.0600. The summed E-state index contributed by atoms with van der Waals surface area (Å²) in [6.07, 6.45) is 5.88. The lowest BCUT2D eigenvalue weighted by molar-refractivity contribution is -0.143. The summed E-state index contributed by atoms with van der Waals surface area (Å²) < 4.78 is 6.43. The van der Waals surface area contributed by atoms with E-state index in [1.807, 2.05) is 32.7 Å². The van der Waals surface area contributed by atoms with Gasteiger partial charge in [0.2, 0.25) is 17.7 Å². The van der Waals surface area contributed by atoms with Crippen molar-refractivity contribution in [3.8, 4) is 5.75 Å². The van der Waals surface area contributed by atoms with Crippen molar-refractivity contribution in [2.45, 2.75) is 137 Å². The lowest BCUT2D eigenvalue weighted by Crippen LogP contribution is -2.58. The molecule has 7 atom stereocenters. The van der Waals surface area contributed by atoms with E-state index in [9.17, 15) is 24.3 Å². The molecule has 2 heterocycles. The number of amides is 4. The number of likely N-dealkylation sites (tertiary alicyclic amines) is 1. The van der Waals surface area contributed by atoms with Crippen LogP contribution in [0.5, 0.6) is 5.75 Å². The van der Waals surface area contributed by atoms with Gasteiger partial charge in [-0.25, -0.2) is 10.8 Å². The molecule has 1 aromatic heterocycles. The maximum atomic E-state index is 14.6. The molecule has 4 amide bonds. The van der Waals surface area contributed by atoms with E-state index in [1.54, 1.807) is 36.6 Å². The van der Waals surface area contributed by atoms with Crippen LogP contribution < -0.4 is 21.9 Å². The summed E-state index contributed by atoms with van der Waals surface area (Å²) in [6, 6.07) is 5.20. The van der Waals surface area contributed by atoms with Gasteiger partial charge < -0.3 is 25.4 Å². The van der Waals surface area contributed by atoms with Crippen molar-refractivity contribution in [2.75, 3.05) is 26.7 Å². The molecule has 13 nitrogen and oxygen atoms in total. The van der Waals surface area contributed by atoms with Gasteiger partial charge in [-0.2, -0.15) is 0 Å². The molecule has 0 bridgehead atoms. The average Bonchev–Trinajstić information content (AvgIpc) is 3.67. The molecule has 1 aromatic carbocycles. The van der Waals surface area contributed by atoms with Crippen LogP contribution in [0.2, 0.25) is 0 Å². The lowest BCUT2D eigenvalue weighted by atomic mass is 9.92. The van der Waals surface area contributed by atoms with Crippen molar-refractivity contribution in [1.29, 1.82) is 0 Å². The number of aromatic hydroxyl groups is 1. The average molecular weight is 786 g/mol. The molecule has 1 saturated heterocycles. The number of phenols is 1. The van der Waals surface area contributed by atoms with E-state index in [2.05, 4.69) is 41.7 Å². The molecule has 14 heteroatoms. The van der Waals surface area contributed by atoms with Crippen LogP contribution in [0.3, 0.4) is 0 Å². The van der Waals surface area contributed by atoms with E-state index in [0.717, 1.165) is 50.6 Å². The highest BCUT2D eigenvalue weighted by Gasteiger charge is 2.38. The number of hydrogen-bond acceptors (Lipinski definition) is 10. The van der Waals surface area contributed by atoms with Gasteiger partial charge in [0, 0.05) is 43.0 Å². The number of thiazole rings is 1. The zero-order valence-corrected chi connectivity index (χ0v) is 35.1. The summed E-state index contributed by atoms with van der Waals surface area (Å²) in [6.45, 7) is 16.0. The van der Waals surface area contributed by atoms with E-state index in [0.29, 0.717) is 37.4 Å². The Hall–Kier alpha value is -3.59. The fourth-order valence-electron chi connectivity index (χ4n) is 7.26. The van der Waals surface area contributed by atoms with Crippen LogP contribution in [0.25, 0.3) is 0 Å². The zero-order chi connectivity index (χ0) is 40.7. The van der Waals surface area contributed by atoms with Gasteiger partial charge in [-0.3, -0.25) is 29.5 Å². The predicted molar refractivity (Wildman–Crippen MR) is 217 cm³/mol. The molecular formula is C41H67N7O6S. The predicted octanol–water partition coefficient (Wildman–Crippen LogP) is 5.34. The van der Waals surface area contributed by atoms with Crippen LogP contribution in [-0.4, -0.2) is 94.4 Å². The van der Waals surface area contributed by atoms with Crippen LogP contribution in [0.4, 0.5) is 0 Å². The third-order valence-corrected chi connectivity index (χ3v) is 11.7. The Morgan fingerprint density at radius 3 is 2.35 bits per heavy atom. The van der Waals surface area contributed by atoms with Gasteiger partial charge >= 0.3 is 0 Å². The molecule has 3 rings (SSSR count). The van der Waals surface area contributed by atoms with Crippen LogP contribution in [-0.2, 0) is 25.5 Å². The number of ether oxygens (including phenoxy) is 1. The van der Waals surface area contributed by atoms with Crippen LogP contribution in [0.1, 0.15) is 127 Å². The van der Waals surface area contributed by atoms with Gasteiger partial charge in [0.25, 0.3) is 5.91 Å². The third-order valence-electron chi connectivity index (χ3n) is 10.8. The highest BCUT2D eigenvalue weighted by molar-refractivity contribution is 7.09. The number of aromatic nitrogens is 1. The maximum absolute atomic E-state index is 14.6. The fourth-order valence-corrected chi connectivity index (χ4v) is 8.12. The van der Waals surface area contributed by atoms with Gasteiger partial charge in [-0.1, -0.05) is 73.4 Å². The molecule has 0 spiro atoms. The number of phenolic OH excluding ortho intramolecular Hbond substituents is 1. The number of hydrazine groups is 1.